The van der Waals surface area contributed by atoms with Gasteiger partial charge in [0.05, 0.1) is 11.3 Å². The van der Waals surface area contributed by atoms with E-state index in [-0.39, 0.29) is 17.7 Å². The van der Waals surface area contributed by atoms with E-state index >= 15 is 0 Å². The molecule has 1 aromatic heterocycles. The maximum absolute atomic E-state index is 12.5. The Bertz CT molecular complexity index is 1000. The standard InChI is InChI=1S/C24H30N4O4/c1-7-9-13-16(3)20(29)25-18-15-11-10-14-17(18)21-27-28-22(31-21)19(12-8-2)26-23(30)32-24(4,5)6/h7-8,10-11,13-15,19H,1-2,9,12H2,3-6H3,(H,25,29)(H,26,30). The molecule has 170 valence electrons. The molecule has 0 radical (unpaired) electrons. The van der Waals surface area contributed by atoms with Crippen LogP contribution in [0.3, 0.4) is 0 Å². The maximum Gasteiger partial charge on any atom is 0.408 e. The van der Waals surface area contributed by atoms with Gasteiger partial charge < -0.3 is 19.8 Å². The topological polar surface area (TPSA) is 106 Å². The van der Waals surface area contributed by atoms with Gasteiger partial charge in [0, 0.05) is 5.57 Å². The first kappa shape index (κ1) is 24.6. The van der Waals surface area contributed by atoms with Crippen molar-refractivity contribution in [3.8, 4) is 11.5 Å². The third-order valence-electron chi connectivity index (χ3n) is 4.19. The molecule has 2 N–H and O–H groups in total. The van der Waals surface area contributed by atoms with Gasteiger partial charge in [-0.3, -0.25) is 4.79 Å². The first-order chi connectivity index (χ1) is 15.1. The number of alkyl carbamates (subject to hydrolysis) is 1. The second-order valence-electron chi connectivity index (χ2n) is 8.08. The number of carbonyl (C=O) groups is 2. The first-order valence-electron chi connectivity index (χ1n) is 10.3. The van der Waals surface area contributed by atoms with Crippen LogP contribution < -0.4 is 10.6 Å². The van der Waals surface area contributed by atoms with E-state index in [2.05, 4.69) is 34.0 Å². The molecule has 1 heterocycles. The minimum absolute atomic E-state index is 0.203. The third kappa shape index (κ3) is 7.23. The van der Waals surface area contributed by atoms with Crippen molar-refractivity contribution >= 4 is 17.7 Å². The summed E-state index contributed by atoms with van der Waals surface area (Å²) in [6, 6.07) is 6.51. The van der Waals surface area contributed by atoms with Gasteiger partial charge >= 0.3 is 6.09 Å². The van der Waals surface area contributed by atoms with Gasteiger partial charge in [-0.05, 0) is 52.7 Å². The van der Waals surface area contributed by atoms with Crippen LogP contribution in [0.4, 0.5) is 10.5 Å². The van der Waals surface area contributed by atoms with Gasteiger partial charge in [-0.2, -0.15) is 0 Å². The number of nitrogens with one attached hydrogen (secondary N) is 2. The van der Waals surface area contributed by atoms with Gasteiger partial charge in [0.2, 0.25) is 11.8 Å². The molecule has 32 heavy (non-hydrogen) atoms. The summed E-state index contributed by atoms with van der Waals surface area (Å²) in [5.74, 6) is 0.174. The Morgan fingerprint density at radius 3 is 2.56 bits per heavy atom. The number of allylic oxidation sites excluding steroid dienone is 2. The van der Waals surface area contributed by atoms with E-state index in [1.165, 1.54) is 0 Å². The molecule has 0 fully saturated rings. The van der Waals surface area contributed by atoms with Gasteiger partial charge in [0.1, 0.15) is 11.6 Å². The highest BCUT2D eigenvalue weighted by Gasteiger charge is 2.24. The monoisotopic (exact) mass is 438 g/mol. The van der Waals surface area contributed by atoms with Gasteiger partial charge in [-0.25, -0.2) is 4.79 Å². The van der Waals surface area contributed by atoms with E-state index in [0.29, 0.717) is 29.7 Å². The lowest BCUT2D eigenvalue weighted by atomic mass is 10.1. The number of anilines is 1. The number of rotatable bonds is 9. The average Bonchev–Trinajstić information content (AvgIpc) is 3.20. The number of nitrogens with zero attached hydrogens (tertiary/aromatic N) is 2. The number of hydrogen-bond acceptors (Lipinski definition) is 6. The highest BCUT2D eigenvalue weighted by Crippen LogP contribution is 2.29. The Morgan fingerprint density at radius 2 is 1.91 bits per heavy atom. The molecule has 2 amide bonds. The molecular formula is C24H30N4O4. The normalized spacial score (nSPS) is 12.6. The second kappa shape index (κ2) is 11.1. The van der Waals surface area contributed by atoms with Crippen LogP contribution in [0, 0.1) is 0 Å². The van der Waals surface area contributed by atoms with Gasteiger partial charge in [0.25, 0.3) is 5.91 Å². The van der Waals surface area contributed by atoms with Crippen LogP contribution in [0.15, 0.2) is 65.6 Å². The van der Waals surface area contributed by atoms with E-state index < -0.39 is 17.7 Å². The molecule has 1 atom stereocenters. The van der Waals surface area contributed by atoms with Crippen molar-refractivity contribution in [3.63, 3.8) is 0 Å². The van der Waals surface area contributed by atoms with Crippen LogP contribution in [0.5, 0.6) is 0 Å². The summed E-state index contributed by atoms with van der Waals surface area (Å²) in [7, 11) is 0. The lowest BCUT2D eigenvalue weighted by Crippen LogP contribution is -2.35. The van der Waals surface area contributed by atoms with Crippen molar-refractivity contribution in [2.24, 2.45) is 0 Å². The Balaban J connectivity index is 2.25. The van der Waals surface area contributed by atoms with Crippen LogP contribution in [-0.4, -0.2) is 27.8 Å². The predicted molar refractivity (Wildman–Crippen MR) is 124 cm³/mol. The lowest BCUT2D eigenvalue weighted by Gasteiger charge is -2.21. The number of aromatic nitrogens is 2. The zero-order chi connectivity index (χ0) is 23.7. The molecule has 0 bridgehead atoms. The van der Waals surface area contributed by atoms with Crippen molar-refractivity contribution < 1.29 is 18.7 Å². The molecule has 0 saturated heterocycles. The van der Waals surface area contributed by atoms with E-state index in [1.54, 1.807) is 70.2 Å². The summed E-state index contributed by atoms with van der Waals surface area (Å²) in [4.78, 5) is 24.7. The molecule has 0 aliphatic heterocycles. The van der Waals surface area contributed by atoms with Crippen LogP contribution in [0.2, 0.25) is 0 Å². The lowest BCUT2D eigenvalue weighted by molar-refractivity contribution is -0.112. The molecule has 1 unspecified atom stereocenters. The summed E-state index contributed by atoms with van der Waals surface area (Å²) in [5.41, 5.74) is 1.02. The number of amides is 2. The number of para-hydroxylation sites is 1. The molecule has 2 aromatic rings. The van der Waals surface area contributed by atoms with Crippen molar-refractivity contribution in [2.45, 2.75) is 52.2 Å². The van der Waals surface area contributed by atoms with E-state index in [0.717, 1.165) is 0 Å². The van der Waals surface area contributed by atoms with Crippen molar-refractivity contribution in [2.75, 3.05) is 5.32 Å². The molecule has 0 aliphatic rings. The number of ether oxygens (including phenoxy) is 1. The minimum Gasteiger partial charge on any atom is -0.444 e. The number of benzene rings is 1. The summed E-state index contributed by atoms with van der Waals surface area (Å²) in [6.45, 7) is 14.4. The van der Waals surface area contributed by atoms with E-state index in [9.17, 15) is 9.59 Å². The Kier molecular flexibility index (Phi) is 8.52. The minimum atomic E-state index is -0.641. The van der Waals surface area contributed by atoms with Crippen molar-refractivity contribution in [1.29, 1.82) is 0 Å². The Hall–Kier alpha value is -3.68. The molecule has 8 heteroatoms. The van der Waals surface area contributed by atoms with Gasteiger partial charge in [0.15, 0.2) is 0 Å². The molecular weight excluding hydrogens is 408 g/mol. The smallest absolute Gasteiger partial charge is 0.408 e. The summed E-state index contributed by atoms with van der Waals surface area (Å²) in [5, 5.41) is 13.8. The number of hydrogen-bond donors (Lipinski definition) is 2. The maximum atomic E-state index is 12.5. The van der Waals surface area contributed by atoms with Gasteiger partial charge in [-0.1, -0.05) is 30.4 Å². The highest BCUT2D eigenvalue weighted by atomic mass is 16.6. The highest BCUT2D eigenvalue weighted by molar-refractivity contribution is 6.05. The molecule has 0 spiro atoms. The molecule has 2 rings (SSSR count). The fourth-order valence-corrected chi connectivity index (χ4v) is 2.67. The fourth-order valence-electron chi connectivity index (χ4n) is 2.67. The van der Waals surface area contributed by atoms with Crippen molar-refractivity contribution in [3.05, 3.63) is 67.1 Å². The summed E-state index contributed by atoms with van der Waals surface area (Å²) < 4.78 is 11.2. The van der Waals surface area contributed by atoms with Crippen LogP contribution in [-0.2, 0) is 9.53 Å². The van der Waals surface area contributed by atoms with E-state index in [1.807, 2.05) is 0 Å². The molecule has 0 saturated carbocycles. The first-order valence-corrected chi connectivity index (χ1v) is 10.3. The second-order valence-corrected chi connectivity index (χ2v) is 8.08. The van der Waals surface area contributed by atoms with Crippen LogP contribution in [0.1, 0.15) is 52.5 Å². The quantitative estimate of drug-likeness (QED) is 0.404. The third-order valence-corrected chi connectivity index (χ3v) is 4.19. The largest absolute Gasteiger partial charge is 0.444 e. The summed E-state index contributed by atoms with van der Waals surface area (Å²) in [6.07, 6.45) is 5.51. The number of carbonyl (C=O) groups excluding carboxylic acids is 2. The predicted octanol–water partition coefficient (Wildman–Crippen LogP) is 5.34. The fraction of sp³-hybridized carbons (Fsp3) is 0.333. The molecule has 1 aromatic carbocycles. The Morgan fingerprint density at radius 1 is 1.19 bits per heavy atom. The zero-order valence-corrected chi connectivity index (χ0v) is 19.0. The molecule has 8 nitrogen and oxygen atoms in total. The SMILES string of the molecule is C=CCC=C(C)C(=O)Nc1ccccc1-c1nnc(C(CC=C)NC(=O)OC(C)(C)C)o1. The zero-order valence-electron chi connectivity index (χ0n) is 19.0. The van der Waals surface area contributed by atoms with Crippen LogP contribution >= 0.6 is 0 Å². The van der Waals surface area contributed by atoms with Crippen molar-refractivity contribution in [1.82, 2.24) is 15.5 Å². The Labute approximate surface area is 188 Å². The van der Waals surface area contributed by atoms with E-state index in [4.69, 9.17) is 9.15 Å². The molecule has 0 aliphatic carbocycles. The van der Waals surface area contributed by atoms with Crippen LogP contribution in [0.25, 0.3) is 11.5 Å². The summed E-state index contributed by atoms with van der Waals surface area (Å²) >= 11 is 0. The van der Waals surface area contributed by atoms with Gasteiger partial charge in [-0.15, -0.1) is 23.4 Å². The average molecular weight is 439 g/mol.